The Bertz CT molecular complexity index is 120. The molecule has 0 N–H and O–H groups in total. The quantitative estimate of drug-likeness (QED) is 0.456. The maximum Gasteiger partial charge on any atom is 0.0810 e. The van der Waals surface area contributed by atoms with Crippen molar-refractivity contribution in [2.45, 2.75) is 24.6 Å². The smallest absolute Gasteiger partial charge is 0.0810 e. The van der Waals surface area contributed by atoms with Crippen molar-refractivity contribution in [3.05, 3.63) is 4.91 Å². The van der Waals surface area contributed by atoms with Gasteiger partial charge in [-0.05, 0) is 32.9 Å². The summed E-state index contributed by atoms with van der Waals surface area (Å²) in [5, 5.41) is 0.339. The van der Waals surface area contributed by atoms with Crippen LogP contribution in [-0.4, -0.2) is 23.9 Å². The van der Waals surface area contributed by atoms with E-state index >= 15 is 0 Å². The largest absolute Gasteiger partial charge is 0.293 e. The second-order valence-corrected chi connectivity index (χ2v) is 3.52. The molecule has 1 heterocycles. The molecule has 0 radical (unpaired) electrons. The van der Waals surface area contributed by atoms with Gasteiger partial charge in [-0.3, -0.25) is 4.90 Å². The van der Waals surface area contributed by atoms with Crippen LogP contribution in [0.15, 0.2) is 4.58 Å². The summed E-state index contributed by atoms with van der Waals surface area (Å²) < 4.78 is 2.83. The number of rotatable bonds is 2. The Balaban J connectivity index is 2.32. The van der Waals surface area contributed by atoms with Gasteiger partial charge >= 0.3 is 0 Å². The highest BCUT2D eigenvalue weighted by Crippen LogP contribution is 2.24. The van der Waals surface area contributed by atoms with Gasteiger partial charge in [0.25, 0.3) is 0 Å². The molecule has 1 atom stereocenters. The lowest BCUT2D eigenvalue weighted by Gasteiger charge is -2.29. The van der Waals surface area contributed by atoms with E-state index < -0.39 is 0 Å². The molecule has 1 saturated heterocycles. The van der Waals surface area contributed by atoms with E-state index in [0.29, 0.717) is 5.37 Å². The fourth-order valence-electron chi connectivity index (χ4n) is 1.23. The highest BCUT2D eigenvalue weighted by Gasteiger charge is 2.19. The van der Waals surface area contributed by atoms with Gasteiger partial charge in [0.1, 0.15) is 0 Å². The minimum atomic E-state index is 0.339. The highest BCUT2D eigenvalue weighted by molar-refractivity contribution is 7.98. The second kappa shape index (κ2) is 3.93. The second-order valence-electron chi connectivity index (χ2n) is 2.61. The Hall–Kier alpha value is -0.0900. The van der Waals surface area contributed by atoms with E-state index in [1.54, 1.807) is 0 Å². The van der Waals surface area contributed by atoms with Gasteiger partial charge in [-0.1, -0.05) is 0 Å². The molecule has 0 bridgehead atoms. The molecule has 1 aliphatic heterocycles. The third kappa shape index (κ3) is 1.95. The van der Waals surface area contributed by atoms with Crippen molar-refractivity contribution in [3.63, 3.8) is 0 Å². The van der Waals surface area contributed by atoms with Gasteiger partial charge in [0.15, 0.2) is 0 Å². The summed E-state index contributed by atoms with van der Waals surface area (Å²) in [6.45, 7) is 1.10. The molecule has 0 aromatic carbocycles. The zero-order valence-corrected chi connectivity index (χ0v) is 6.93. The van der Waals surface area contributed by atoms with E-state index in [0.717, 1.165) is 24.9 Å². The van der Waals surface area contributed by atoms with Crippen molar-refractivity contribution in [2.24, 2.45) is 4.58 Å². The topological polar surface area (TPSA) is 32.7 Å². The zero-order chi connectivity index (χ0) is 7.40. The van der Waals surface area contributed by atoms with Gasteiger partial charge < -0.3 is 0 Å². The van der Waals surface area contributed by atoms with Crippen LogP contribution in [0.5, 0.6) is 0 Å². The van der Waals surface area contributed by atoms with Crippen LogP contribution < -0.4 is 0 Å². The monoisotopic (exact) mass is 160 g/mol. The number of nitrogens with zero attached hydrogens (tertiary/aromatic N) is 2. The maximum absolute atomic E-state index is 9.90. The van der Waals surface area contributed by atoms with E-state index in [4.69, 9.17) is 0 Å². The Kier molecular flexibility index (Phi) is 3.15. The van der Waals surface area contributed by atoms with E-state index in [9.17, 15) is 4.91 Å². The highest BCUT2D eigenvalue weighted by atomic mass is 32.2. The van der Waals surface area contributed by atoms with Crippen LogP contribution in [0, 0.1) is 4.91 Å². The van der Waals surface area contributed by atoms with Crippen LogP contribution in [0.1, 0.15) is 19.3 Å². The summed E-state index contributed by atoms with van der Waals surface area (Å²) in [4.78, 5) is 12.1. The fraction of sp³-hybridized carbons (Fsp3) is 1.00. The van der Waals surface area contributed by atoms with E-state index in [1.165, 1.54) is 12.8 Å². The minimum Gasteiger partial charge on any atom is -0.293 e. The molecule has 0 aliphatic carbocycles. The Morgan fingerprint density at radius 3 is 3.00 bits per heavy atom. The van der Waals surface area contributed by atoms with Gasteiger partial charge in [-0.15, -0.1) is 4.91 Å². The van der Waals surface area contributed by atoms with Crippen molar-refractivity contribution in [1.29, 1.82) is 0 Å². The van der Waals surface area contributed by atoms with E-state index in [1.807, 2.05) is 7.05 Å². The zero-order valence-electron chi connectivity index (χ0n) is 6.12. The molecule has 1 fully saturated rings. The molecule has 0 amide bonds. The SMILES string of the molecule is CN1CCCCC1SN=O. The van der Waals surface area contributed by atoms with Crippen LogP contribution in [0.2, 0.25) is 0 Å². The van der Waals surface area contributed by atoms with Crippen LogP contribution >= 0.6 is 11.9 Å². The minimum absolute atomic E-state index is 0.339. The van der Waals surface area contributed by atoms with E-state index in [2.05, 4.69) is 9.48 Å². The molecule has 3 nitrogen and oxygen atoms in total. The van der Waals surface area contributed by atoms with Gasteiger partial charge in [0, 0.05) is 16.5 Å². The standard InChI is InChI=1S/C6H12N2OS/c1-8-5-3-2-4-6(8)10-7-9/h6H,2-5H2,1H3. The predicted molar refractivity (Wildman–Crippen MR) is 43.7 cm³/mol. The molecule has 1 rings (SSSR count). The molecule has 1 aliphatic rings. The molecule has 0 saturated carbocycles. The average molecular weight is 160 g/mol. The van der Waals surface area contributed by atoms with Crippen molar-refractivity contribution < 1.29 is 0 Å². The first kappa shape index (κ1) is 8.01. The Labute approximate surface area is 65.3 Å². The van der Waals surface area contributed by atoms with Crippen molar-refractivity contribution in [1.82, 2.24) is 4.90 Å². The van der Waals surface area contributed by atoms with Gasteiger partial charge in [-0.25, -0.2) is 0 Å². The summed E-state index contributed by atoms with van der Waals surface area (Å²) in [6.07, 6.45) is 3.59. The summed E-state index contributed by atoms with van der Waals surface area (Å²) in [6, 6.07) is 0. The predicted octanol–water partition coefficient (Wildman–Crippen LogP) is 1.84. The van der Waals surface area contributed by atoms with Crippen molar-refractivity contribution >= 4 is 11.9 Å². The summed E-state index contributed by atoms with van der Waals surface area (Å²) in [5.41, 5.74) is 0. The number of piperidine rings is 1. The Morgan fingerprint density at radius 2 is 2.40 bits per heavy atom. The van der Waals surface area contributed by atoms with Crippen LogP contribution in [0.3, 0.4) is 0 Å². The van der Waals surface area contributed by atoms with Crippen molar-refractivity contribution in [2.75, 3.05) is 13.6 Å². The summed E-state index contributed by atoms with van der Waals surface area (Å²) in [5.74, 6) is 0. The van der Waals surface area contributed by atoms with Crippen molar-refractivity contribution in [3.8, 4) is 0 Å². The lowest BCUT2D eigenvalue weighted by atomic mass is 10.1. The maximum atomic E-state index is 9.90. The van der Waals surface area contributed by atoms with Gasteiger partial charge in [-0.2, -0.15) is 0 Å². The first-order valence-corrected chi connectivity index (χ1v) is 4.37. The molecule has 1 unspecified atom stereocenters. The Morgan fingerprint density at radius 1 is 1.60 bits per heavy atom. The molecule has 10 heavy (non-hydrogen) atoms. The fourth-order valence-corrected chi connectivity index (χ4v) is 1.87. The lowest BCUT2D eigenvalue weighted by Crippen LogP contribution is -2.33. The molecular weight excluding hydrogens is 148 g/mol. The number of likely N-dealkylation sites (tertiary alicyclic amines) is 1. The molecule has 58 valence electrons. The molecular formula is C6H12N2OS. The normalized spacial score (nSPS) is 28.3. The number of nitroso groups, excluding NO2 is 1. The third-order valence-electron chi connectivity index (χ3n) is 1.87. The summed E-state index contributed by atoms with van der Waals surface area (Å²) >= 11 is 1.16. The van der Waals surface area contributed by atoms with Crippen LogP contribution in [0.4, 0.5) is 0 Å². The number of hydrogen-bond donors (Lipinski definition) is 0. The van der Waals surface area contributed by atoms with Crippen LogP contribution in [0.25, 0.3) is 0 Å². The molecule has 0 spiro atoms. The molecule has 0 aromatic rings. The van der Waals surface area contributed by atoms with Gasteiger partial charge in [0.2, 0.25) is 0 Å². The third-order valence-corrected chi connectivity index (χ3v) is 2.79. The molecule has 0 aromatic heterocycles. The summed E-state index contributed by atoms with van der Waals surface area (Å²) in [7, 11) is 2.04. The number of hydrogen-bond acceptors (Lipinski definition) is 4. The average Bonchev–Trinajstić information content (AvgIpc) is 1.94. The van der Waals surface area contributed by atoms with Gasteiger partial charge in [0.05, 0.1) is 5.37 Å². The van der Waals surface area contributed by atoms with E-state index in [-0.39, 0.29) is 0 Å². The molecule has 4 heteroatoms. The lowest BCUT2D eigenvalue weighted by molar-refractivity contribution is 0.252. The first-order chi connectivity index (χ1) is 4.84. The van der Waals surface area contributed by atoms with Crippen LogP contribution in [-0.2, 0) is 0 Å². The first-order valence-electron chi connectivity index (χ1n) is 3.53.